The molecule has 0 saturated heterocycles. The standard InChI is InChI=1S/C20H38O2.C3H4O2/c1-3-5-6-7-8-9-10-11-12-13-14-15-16-17-18-19-22-20(21)4-2;1-2-3(4)5/h4H,2-3,5-19H2,1H3;2H,1H2,(H,4,5). The van der Waals surface area contributed by atoms with Crippen LogP contribution in [0.4, 0.5) is 0 Å². The van der Waals surface area contributed by atoms with Crippen LogP contribution in [0.3, 0.4) is 0 Å². The minimum absolute atomic E-state index is 0.301. The summed E-state index contributed by atoms with van der Waals surface area (Å²) in [6.07, 6.45) is 22.3. The zero-order valence-corrected chi connectivity index (χ0v) is 17.6. The molecule has 0 aliphatic rings. The average molecular weight is 383 g/mol. The quantitative estimate of drug-likeness (QED) is 0.160. The number of carboxylic acid groups (broad SMARTS) is 1. The number of rotatable bonds is 18. The molecule has 0 radical (unpaired) electrons. The van der Waals surface area contributed by atoms with Crippen molar-refractivity contribution in [1.82, 2.24) is 0 Å². The normalized spacial score (nSPS) is 9.81. The molecule has 0 unspecified atom stereocenters. The lowest BCUT2D eigenvalue weighted by molar-refractivity contribution is -0.138. The van der Waals surface area contributed by atoms with E-state index in [2.05, 4.69) is 20.1 Å². The summed E-state index contributed by atoms with van der Waals surface area (Å²) in [4.78, 5) is 20.1. The van der Waals surface area contributed by atoms with Crippen LogP contribution in [0.2, 0.25) is 0 Å². The highest BCUT2D eigenvalue weighted by atomic mass is 16.5. The second-order valence-corrected chi connectivity index (χ2v) is 6.86. The van der Waals surface area contributed by atoms with Crippen molar-refractivity contribution in [2.45, 2.75) is 103 Å². The van der Waals surface area contributed by atoms with E-state index >= 15 is 0 Å². The van der Waals surface area contributed by atoms with Crippen molar-refractivity contribution >= 4 is 11.9 Å². The summed E-state index contributed by atoms with van der Waals surface area (Å²) in [6, 6.07) is 0. The predicted octanol–water partition coefficient (Wildman–Crippen LogP) is 6.84. The van der Waals surface area contributed by atoms with Crippen molar-refractivity contribution in [3.63, 3.8) is 0 Å². The van der Waals surface area contributed by atoms with Gasteiger partial charge in [0.1, 0.15) is 0 Å². The van der Waals surface area contributed by atoms with Gasteiger partial charge in [-0.15, -0.1) is 0 Å². The Kier molecular flexibility index (Phi) is 25.0. The highest BCUT2D eigenvalue weighted by Gasteiger charge is 1.96. The van der Waals surface area contributed by atoms with E-state index in [9.17, 15) is 9.59 Å². The Morgan fingerprint density at radius 3 is 1.33 bits per heavy atom. The van der Waals surface area contributed by atoms with Gasteiger partial charge in [0.15, 0.2) is 0 Å². The summed E-state index contributed by atoms with van der Waals surface area (Å²) < 4.78 is 4.95. The molecule has 0 spiro atoms. The van der Waals surface area contributed by atoms with Gasteiger partial charge in [-0.25, -0.2) is 9.59 Å². The van der Waals surface area contributed by atoms with Gasteiger partial charge >= 0.3 is 11.9 Å². The fourth-order valence-electron chi connectivity index (χ4n) is 2.71. The van der Waals surface area contributed by atoms with Gasteiger partial charge in [-0.2, -0.15) is 0 Å². The molecule has 0 rings (SSSR count). The van der Waals surface area contributed by atoms with Gasteiger partial charge in [0.05, 0.1) is 6.61 Å². The molecule has 1 N–H and O–H groups in total. The Morgan fingerprint density at radius 2 is 1.04 bits per heavy atom. The lowest BCUT2D eigenvalue weighted by Crippen LogP contribution is -2.01. The summed E-state index contributed by atoms with van der Waals surface area (Å²) in [7, 11) is 0. The molecule has 0 aliphatic heterocycles. The molecule has 0 heterocycles. The average Bonchev–Trinajstić information content (AvgIpc) is 2.67. The number of ether oxygens (including phenoxy) is 1. The molecule has 4 heteroatoms. The van der Waals surface area contributed by atoms with E-state index in [-0.39, 0.29) is 5.97 Å². The lowest BCUT2D eigenvalue weighted by Gasteiger charge is -2.04. The first-order valence-electron chi connectivity index (χ1n) is 10.7. The van der Waals surface area contributed by atoms with Gasteiger partial charge < -0.3 is 9.84 Å². The van der Waals surface area contributed by atoms with Gasteiger partial charge in [0.2, 0.25) is 0 Å². The molecule has 0 fully saturated rings. The number of carboxylic acids is 1. The van der Waals surface area contributed by atoms with E-state index in [0.29, 0.717) is 6.61 Å². The zero-order valence-electron chi connectivity index (χ0n) is 17.6. The Morgan fingerprint density at radius 1 is 0.704 bits per heavy atom. The molecule has 158 valence electrons. The van der Waals surface area contributed by atoms with Crippen LogP contribution in [0.15, 0.2) is 25.3 Å². The Bertz CT molecular complexity index is 363. The van der Waals surface area contributed by atoms with E-state index in [1.807, 2.05) is 0 Å². The van der Waals surface area contributed by atoms with Crippen molar-refractivity contribution in [2.75, 3.05) is 6.61 Å². The molecule has 0 amide bonds. The third kappa shape index (κ3) is 29.4. The van der Waals surface area contributed by atoms with Gasteiger partial charge in [0, 0.05) is 12.2 Å². The maximum atomic E-state index is 10.8. The molecule has 0 aliphatic carbocycles. The topological polar surface area (TPSA) is 63.6 Å². The number of carbonyl (C=O) groups is 2. The first-order chi connectivity index (χ1) is 13.1. The molecule has 4 nitrogen and oxygen atoms in total. The van der Waals surface area contributed by atoms with E-state index in [1.54, 1.807) is 0 Å². The molecule has 27 heavy (non-hydrogen) atoms. The molecule has 0 aromatic carbocycles. The predicted molar refractivity (Wildman–Crippen MR) is 114 cm³/mol. The summed E-state index contributed by atoms with van der Waals surface area (Å²) >= 11 is 0. The van der Waals surface area contributed by atoms with Crippen molar-refractivity contribution in [2.24, 2.45) is 0 Å². The van der Waals surface area contributed by atoms with E-state index in [1.165, 1.54) is 96.0 Å². The van der Waals surface area contributed by atoms with E-state index in [4.69, 9.17) is 9.84 Å². The minimum Gasteiger partial charge on any atom is -0.478 e. The van der Waals surface area contributed by atoms with Gasteiger partial charge in [-0.1, -0.05) is 110 Å². The van der Waals surface area contributed by atoms with Crippen molar-refractivity contribution in [3.8, 4) is 0 Å². The number of hydrogen-bond donors (Lipinski definition) is 1. The van der Waals surface area contributed by atoms with Crippen LogP contribution in [0, 0.1) is 0 Å². The first-order valence-corrected chi connectivity index (χ1v) is 10.7. The summed E-state index contributed by atoms with van der Waals surface area (Å²) in [5.74, 6) is -1.28. The largest absolute Gasteiger partial charge is 0.478 e. The van der Waals surface area contributed by atoms with Gasteiger partial charge in [0.25, 0.3) is 0 Å². The van der Waals surface area contributed by atoms with Crippen molar-refractivity contribution in [1.29, 1.82) is 0 Å². The van der Waals surface area contributed by atoms with Crippen LogP contribution in [-0.2, 0) is 14.3 Å². The monoisotopic (exact) mass is 382 g/mol. The molecule has 0 atom stereocenters. The number of esters is 1. The second kappa shape index (κ2) is 24.4. The van der Waals surface area contributed by atoms with Crippen LogP contribution < -0.4 is 0 Å². The third-order valence-corrected chi connectivity index (χ3v) is 4.33. The SMILES string of the molecule is C=CC(=O)O.C=CC(=O)OCCCCCCCCCCCCCCCCC. The Hall–Kier alpha value is -1.58. The van der Waals surface area contributed by atoms with Crippen LogP contribution in [-0.4, -0.2) is 23.7 Å². The van der Waals surface area contributed by atoms with Crippen LogP contribution >= 0.6 is 0 Å². The minimum atomic E-state index is -0.981. The number of carbonyl (C=O) groups excluding carboxylic acids is 1. The molecular formula is C23H42O4. The fraction of sp³-hybridized carbons (Fsp3) is 0.739. The summed E-state index contributed by atoms with van der Waals surface area (Å²) in [6.45, 7) is 9.16. The Labute approximate surface area is 167 Å². The highest BCUT2D eigenvalue weighted by molar-refractivity contribution is 5.81. The van der Waals surface area contributed by atoms with Crippen LogP contribution in [0.25, 0.3) is 0 Å². The maximum Gasteiger partial charge on any atom is 0.330 e. The van der Waals surface area contributed by atoms with Crippen LogP contribution in [0.5, 0.6) is 0 Å². The first kappa shape index (κ1) is 27.6. The maximum absolute atomic E-state index is 10.8. The van der Waals surface area contributed by atoms with Crippen molar-refractivity contribution < 1.29 is 19.4 Å². The number of hydrogen-bond acceptors (Lipinski definition) is 3. The molecule has 0 aromatic heterocycles. The summed E-state index contributed by atoms with van der Waals surface area (Å²) in [5.41, 5.74) is 0. The van der Waals surface area contributed by atoms with Crippen molar-refractivity contribution in [3.05, 3.63) is 25.3 Å². The molecule has 0 bridgehead atoms. The summed E-state index contributed by atoms with van der Waals surface area (Å²) in [5, 5.41) is 7.60. The van der Waals surface area contributed by atoms with Crippen LogP contribution in [0.1, 0.15) is 103 Å². The lowest BCUT2D eigenvalue weighted by atomic mass is 10.0. The molecule has 0 aromatic rings. The smallest absolute Gasteiger partial charge is 0.330 e. The van der Waals surface area contributed by atoms with E-state index < -0.39 is 5.97 Å². The van der Waals surface area contributed by atoms with E-state index in [0.717, 1.165) is 12.5 Å². The highest BCUT2D eigenvalue weighted by Crippen LogP contribution is 2.13. The zero-order chi connectivity index (χ0) is 20.6. The third-order valence-electron chi connectivity index (χ3n) is 4.33. The number of aliphatic carboxylic acids is 1. The van der Waals surface area contributed by atoms with Gasteiger partial charge in [-0.05, 0) is 6.42 Å². The fourth-order valence-corrected chi connectivity index (χ4v) is 2.71. The second-order valence-electron chi connectivity index (χ2n) is 6.86. The molecular weight excluding hydrogens is 340 g/mol. The Balaban J connectivity index is 0. The van der Waals surface area contributed by atoms with Gasteiger partial charge in [-0.3, -0.25) is 0 Å². The molecule has 0 saturated carbocycles. The number of unbranched alkanes of at least 4 members (excludes halogenated alkanes) is 14.